The molecule has 78 valence electrons. The summed E-state index contributed by atoms with van der Waals surface area (Å²) in [5.74, 6) is 0. The number of aromatic nitrogens is 2. The molecular formula is C10H18N4. The zero-order valence-electron chi connectivity index (χ0n) is 8.95. The Balaban J connectivity index is 2.35. The van der Waals surface area contributed by atoms with Crippen molar-refractivity contribution in [3.8, 4) is 0 Å². The van der Waals surface area contributed by atoms with Gasteiger partial charge in [-0.05, 0) is 19.0 Å². The van der Waals surface area contributed by atoms with E-state index in [0.717, 1.165) is 25.9 Å². The first kappa shape index (κ1) is 9.68. The van der Waals surface area contributed by atoms with Crippen LogP contribution in [0.15, 0.2) is 0 Å². The molecule has 0 radical (unpaired) electrons. The largest absolute Gasteiger partial charge is 0.325 e. The van der Waals surface area contributed by atoms with Gasteiger partial charge in [-0.25, -0.2) is 0 Å². The standard InChI is InChI=1S/C10H18N4/c1-13-5-3-8-9(4-6-13)12-14(2)10(8)7-11/h3-7,11H2,1-2H3. The number of fused-ring (bicyclic) bond motifs is 1. The third-order valence-electron chi connectivity index (χ3n) is 3.03. The van der Waals surface area contributed by atoms with Gasteiger partial charge in [0.25, 0.3) is 0 Å². The molecule has 2 N–H and O–H groups in total. The highest BCUT2D eigenvalue weighted by molar-refractivity contribution is 5.28. The molecule has 2 heterocycles. The number of aryl methyl sites for hydroxylation is 1. The van der Waals surface area contributed by atoms with Crippen molar-refractivity contribution in [1.29, 1.82) is 0 Å². The van der Waals surface area contributed by atoms with Crippen molar-refractivity contribution in [1.82, 2.24) is 14.7 Å². The quantitative estimate of drug-likeness (QED) is 0.679. The molecule has 1 aliphatic heterocycles. The average molecular weight is 194 g/mol. The second-order valence-corrected chi connectivity index (χ2v) is 4.00. The van der Waals surface area contributed by atoms with E-state index in [2.05, 4.69) is 17.0 Å². The fraction of sp³-hybridized carbons (Fsp3) is 0.700. The topological polar surface area (TPSA) is 47.1 Å². The summed E-state index contributed by atoms with van der Waals surface area (Å²) in [5.41, 5.74) is 9.57. The van der Waals surface area contributed by atoms with Crippen LogP contribution in [0, 0.1) is 0 Å². The molecule has 1 aromatic heterocycles. The minimum Gasteiger partial charge on any atom is -0.325 e. The van der Waals surface area contributed by atoms with Crippen LogP contribution in [0.4, 0.5) is 0 Å². The molecule has 1 aromatic rings. The lowest BCUT2D eigenvalue weighted by molar-refractivity contribution is 0.350. The van der Waals surface area contributed by atoms with Crippen LogP contribution in [0.1, 0.15) is 17.0 Å². The number of hydrogen-bond acceptors (Lipinski definition) is 3. The highest BCUT2D eigenvalue weighted by Gasteiger charge is 2.18. The summed E-state index contributed by atoms with van der Waals surface area (Å²) >= 11 is 0. The average Bonchev–Trinajstić information content (AvgIpc) is 2.36. The van der Waals surface area contributed by atoms with E-state index in [1.54, 1.807) is 0 Å². The van der Waals surface area contributed by atoms with E-state index in [1.807, 2.05) is 11.7 Å². The van der Waals surface area contributed by atoms with Crippen molar-refractivity contribution in [3.63, 3.8) is 0 Å². The smallest absolute Gasteiger partial charge is 0.0673 e. The molecular weight excluding hydrogens is 176 g/mol. The van der Waals surface area contributed by atoms with Crippen molar-refractivity contribution >= 4 is 0 Å². The van der Waals surface area contributed by atoms with Gasteiger partial charge in [-0.1, -0.05) is 0 Å². The van der Waals surface area contributed by atoms with Crippen LogP contribution in [0.25, 0.3) is 0 Å². The Bertz CT molecular complexity index is 329. The van der Waals surface area contributed by atoms with Gasteiger partial charge in [-0.15, -0.1) is 0 Å². The maximum Gasteiger partial charge on any atom is 0.0673 e. The maximum absolute atomic E-state index is 5.73. The minimum atomic E-state index is 0.600. The number of nitrogens with zero attached hydrogens (tertiary/aromatic N) is 3. The Morgan fingerprint density at radius 1 is 1.29 bits per heavy atom. The fourth-order valence-electron chi connectivity index (χ4n) is 2.12. The number of rotatable bonds is 1. The van der Waals surface area contributed by atoms with Gasteiger partial charge in [-0.2, -0.15) is 5.10 Å². The second-order valence-electron chi connectivity index (χ2n) is 4.00. The van der Waals surface area contributed by atoms with Crippen molar-refractivity contribution in [2.45, 2.75) is 19.4 Å². The summed E-state index contributed by atoms with van der Waals surface area (Å²) in [6, 6.07) is 0. The van der Waals surface area contributed by atoms with E-state index in [0.29, 0.717) is 6.54 Å². The van der Waals surface area contributed by atoms with Crippen LogP contribution in [0.2, 0.25) is 0 Å². The first-order chi connectivity index (χ1) is 6.72. The molecule has 4 nitrogen and oxygen atoms in total. The SMILES string of the molecule is CN1CCc2nn(C)c(CN)c2CC1. The summed E-state index contributed by atoms with van der Waals surface area (Å²) < 4.78 is 1.94. The highest BCUT2D eigenvalue weighted by atomic mass is 15.3. The molecule has 0 fully saturated rings. The monoisotopic (exact) mass is 194 g/mol. The predicted octanol–water partition coefficient (Wildman–Crippen LogP) is -0.0908. The zero-order chi connectivity index (χ0) is 10.1. The normalized spacial score (nSPS) is 17.9. The zero-order valence-corrected chi connectivity index (χ0v) is 8.95. The van der Waals surface area contributed by atoms with Crippen molar-refractivity contribution in [2.24, 2.45) is 12.8 Å². The van der Waals surface area contributed by atoms with Gasteiger partial charge in [0.15, 0.2) is 0 Å². The lowest BCUT2D eigenvalue weighted by atomic mass is 10.1. The fourth-order valence-corrected chi connectivity index (χ4v) is 2.12. The summed E-state index contributed by atoms with van der Waals surface area (Å²) in [5, 5.41) is 4.53. The molecule has 0 saturated heterocycles. The molecule has 0 saturated carbocycles. The van der Waals surface area contributed by atoms with Crippen molar-refractivity contribution in [2.75, 3.05) is 20.1 Å². The third kappa shape index (κ3) is 1.55. The summed E-state index contributed by atoms with van der Waals surface area (Å²) in [7, 11) is 4.15. The first-order valence-electron chi connectivity index (χ1n) is 5.14. The number of nitrogens with two attached hydrogens (primary N) is 1. The van der Waals surface area contributed by atoms with E-state index in [-0.39, 0.29) is 0 Å². The van der Waals surface area contributed by atoms with Gasteiger partial charge in [-0.3, -0.25) is 4.68 Å². The predicted molar refractivity (Wildman–Crippen MR) is 56.0 cm³/mol. The summed E-state index contributed by atoms with van der Waals surface area (Å²) in [6.45, 7) is 2.82. The van der Waals surface area contributed by atoms with Gasteiger partial charge in [0.1, 0.15) is 0 Å². The van der Waals surface area contributed by atoms with Crippen LogP contribution in [0.3, 0.4) is 0 Å². The maximum atomic E-state index is 5.73. The lowest BCUT2D eigenvalue weighted by Crippen LogP contribution is -2.21. The van der Waals surface area contributed by atoms with Crippen LogP contribution in [-0.2, 0) is 26.4 Å². The minimum absolute atomic E-state index is 0.600. The van der Waals surface area contributed by atoms with Crippen molar-refractivity contribution in [3.05, 3.63) is 17.0 Å². The van der Waals surface area contributed by atoms with Crippen LogP contribution in [-0.4, -0.2) is 34.8 Å². The Labute approximate surface area is 84.7 Å². The van der Waals surface area contributed by atoms with Crippen LogP contribution in [0.5, 0.6) is 0 Å². The van der Waals surface area contributed by atoms with Gasteiger partial charge < -0.3 is 10.6 Å². The first-order valence-corrected chi connectivity index (χ1v) is 5.14. The Morgan fingerprint density at radius 3 is 2.71 bits per heavy atom. The van der Waals surface area contributed by atoms with E-state index < -0.39 is 0 Å². The molecule has 0 unspecified atom stereocenters. The molecule has 4 heteroatoms. The van der Waals surface area contributed by atoms with Crippen LogP contribution < -0.4 is 5.73 Å². The van der Waals surface area contributed by atoms with E-state index in [1.165, 1.54) is 17.0 Å². The number of hydrogen-bond donors (Lipinski definition) is 1. The molecule has 0 aliphatic carbocycles. The van der Waals surface area contributed by atoms with E-state index >= 15 is 0 Å². The molecule has 0 bridgehead atoms. The third-order valence-corrected chi connectivity index (χ3v) is 3.03. The van der Waals surface area contributed by atoms with Gasteiger partial charge >= 0.3 is 0 Å². The van der Waals surface area contributed by atoms with Gasteiger partial charge in [0.05, 0.1) is 11.4 Å². The van der Waals surface area contributed by atoms with E-state index in [4.69, 9.17) is 5.73 Å². The molecule has 1 aliphatic rings. The number of likely N-dealkylation sites (N-methyl/N-ethyl adjacent to an activating group) is 1. The Hall–Kier alpha value is -0.870. The second kappa shape index (κ2) is 3.71. The molecule has 0 aromatic carbocycles. The van der Waals surface area contributed by atoms with Gasteiger partial charge in [0, 0.05) is 33.1 Å². The molecule has 0 atom stereocenters. The molecule has 14 heavy (non-hydrogen) atoms. The lowest BCUT2D eigenvalue weighted by Gasteiger charge is -2.11. The Kier molecular flexibility index (Phi) is 2.56. The van der Waals surface area contributed by atoms with E-state index in [9.17, 15) is 0 Å². The van der Waals surface area contributed by atoms with Crippen LogP contribution >= 0.6 is 0 Å². The van der Waals surface area contributed by atoms with Gasteiger partial charge in [0.2, 0.25) is 0 Å². The summed E-state index contributed by atoms with van der Waals surface area (Å²) in [6.07, 6.45) is 2.14. The highest BCUT2D eigenvalue weighted by Crippen LogP contribution is 2.18. The Morgan fingerprint density at radius 2 is 2.00 bits per heavy atom. The molecule has 0 amide bonds. The molecule has 2 rings (SSSR count). The van der Waals surface area contributed by atoms with Crippen molar-refractivity contribution < 1.29 is 0 Å². The molecule has 0 spiro atoms. The summed E-state index contributed by atoms with van der Waals surface area (Å²) in [4.78, 5) is 2.35.